The Balaban J connectivity index is 0.000000152. The number of epoxide rings is 1. The Morgan fingerprint density at radius 2 is 1.56 bits per heavy atom. The van der Waals surface area contributed by atoms with Crippen LogP contribution in [0.1, 0.15) is 79.1 Å². The van der Waals surface area contributed by atoms with Crippen LogP contribution in [-0.4, -0.2) is 76.4 Å². The third-order valence-corrected chi connectivity index (χ3v) is 9.69. The highest BCUT2D eigenvalue weighted by molar-refractivity contribution is 6.84. The van der Waals surface area contributed by atoms with Gasteiger partial charge in [0.25, 0.3) is 5.79 Å². The summed E-state index contributed by atoms with van der Waals surface area (Å²) < 4.78 is 33.6. The van der Waals surface area contributed by atoms with Gasteiger partial charge in [-0.1, -0.05) is 63.6 Å². The van der Waals surface area contributed by atoms with Gasteiger partial charge in [-0.25, -0.2) is 0 Å². The van der Waals surface area contributed by atoms with E-state index in [0.29, 0.717) is 6.10 Å². The van der Waals surface area contributed by atoms with Gasteiger partial charge in [0.1, 0.15) is 28.9 Å². The maximum absolute atomic E-state index is 12.5. The van der Waals surface area contributed by atoms with Crippen LogP contribution in [0.15, 0.2) is 11.6 Å². The molecule has 1 saturated carbocycles. The monoisotopic (exact) mass is 630 g/mol. The molecule has 6 aliphatic rings. The number of ether oxygens (including phenoxy) is 6. The summed E-state index contributed by atoms with van der Waals surface area (Å²) in [6, 6.07) is 0. The number of Topliss-reactive ketones (excluding diaryl/α,β-unsaturated/α-hetero) is 1. The van der Waals surface area contributed by atoms with Crippen molar-refractivity contribution in [1.82, 2.24) is 0 Å². The molecule has 5 atom stereocenters. The van der Waals surface area contributed by atoms with E-state index in [2.05, 4.69) is 68.3 Å². The lowest BCUT2D eigenvalue weighted by molar-refractivity contribution is -0.263. The maximum atomic E-state index is 12.5. The number of hydrogen-bond acceptors (Lipinski definition) is 7. The van der Waals surface area contributed by atoms with E-state index < -0.39 is 39.6 Å². The second-order valence-corrected chi connectivity index (χ2v) is 25.0. The molecule has 0 amide bonds. The lowest BCUT2D eigenvalue weighted by Crippen LogP contribution is -2.58. The van der Waals surface area contributed by atoms with Gasteiger partial charge in [0.2, 0.25) is 5.78 Å². The fraction of sp³-hybridized carbons (Fsp3) is 0.794. The van der Waals surface area contributed by atoms with Crippen LogP contribution in [0.5, 0.6) is 0 Å². The molecule has 0 aromatic rings. The summed E-state index contributed by atoms with van der Waals surface area (Å²) in [5.74, 6) is 3.55. The van der Waals surface area contributed by atoms with E-state index >= 15 is 0 Å². The van der Waals surface area contributed by atoms with Crippen molar-refractivity contribution < 1.29 is 33.2 Å². The maximum Gasteiger partial charge on any atom is 0.258 e. The van der Waals surface area contributed by atoms with Gasteiger partial charge in [0.05, 0.1) is 12.7 Å². The molecule has 0 unspecified atom stereocenters. The number of fused-ring (bicyclic) bond motifs is 2. The number of allylic oxidation sites excluding steroid dienone is 2. The molecule has 5 fully saturated rings. The van der Waals surface area contributed by atoms with E-state index in [0.717, 1.165) is 0 Å². The number of carbonyl (C=O) groups excluding carboxylic acids is 1. The SMILES string of the molecule is CC1(C)O[C@@H]2CO[C@]3(COC(C)(C)O3)C(=O)[C@@H]2O1.C[Si](C)(C)C#CC1=CCCCC1.C[Si](C)(C)C#C[C@]12CCCC[C@H]1O2. The van der Waals surface area contributed by atoms with Crippen molar-refractivity contribution in [3.63, 3.8) is 0 Å². The topological polar surface area (TPSA) is 75.8 Å². The lowest BCUT2D eigenvalue weighted by Gasteiger charge is -2.35. The first-order valence-electron chi connectivity index (χ1n) is 16.2. The van der Waals surface area contributed by atoms with Crippen molar-refractivity contribution in [1.29, 1.82) is 0 Å². The second-order valence-electron chi connectivity index (χ2n) is 15.5. The van der Waals surface area contributed by atoms with Crippen LogP contribution >= 0.6 is 0 Å². The molecule has 9 heteroatoms. The standard InChI is InChI=1S/C12H18O6.C11H18OSi.C11H18Si/c1-10(2)15-6-12(18-10)9(13)8-7(5-14-12)16-11(3,4)17-8;1-13(2,3)9-8-11-7-5-4-6-10(11)12-11;1-12(2,3)10-9-11-7-5-4-6-8-11/h7-8H,5-6H2,1-4H3;10H,4-7H2,1-3H3;7H,4-6,8H2,1-3H3/t7-,8-,12+;10-,11-;/m11./s1. The normalized spacial score (nSPS) is 35.3. The van der Waals surface area contributed by atoms with Gasteiger partial charge in [-0.3, -0.25) is 4.79 Å². The zero-order valence-corrected chi connectivity index (χ0v) is 30.2. The average molecular weight is 631 g/mol. The van der Waals surface area contributed by atoms with Crippen LogP contribution in [0.3, 0.4) is 0 Å². The van der Waals surface area contributed by atoms with Crippen LogP contribution in [0, 0.1) is 22.9 Å². The smallest absolute Gasteiger partial charge is 0.258 e. The molecular formula is C34H54O7Si2. The van der Waals surface area contributed by atoms with Crippen LogP contribution in [0.4, 0.5) is 0 Å². The van der Waals surface area contributed by atoms with Crippen LogP contribution in [-0.2, 0) is 33.2 Å². The van der Waals surface area contributed by atoms with Crippen molar-refractivity contribution in [3.05, 3.63) is 11.6 Å². The molecule has 4 saturated heterocycles. The first-order valence-corrected chi connectivity index (χ1v) is 23.2. The lowest BCUT2D eigenvalue weighted by atomic mass is 9.90. The Hall–Kier alpha value is -1.28. The zero-order valence-electron chi connectivity index (χ0n) is 28.2. The van der Waals surface area contributed by atoms with E-state index in [-0.39, 0.29) is 30.7 Å². The van der Waals surface area contributed by atoms with Crippen LogP contribution in [0.25, 0.3) is 0 Å². The van der Waals surface area contributed by atoms with Gasteiger partial charge in [0.15, 0.2) is 23.3 Å². The third kappa shape index (κ3) is 9.61. The van der Waals surface area contributed by atoms with Crippen molar-refractivity contribution in [2.24, 2.45) is 0 Å². The summed E-state index contributed by atoms with van der Waals surface area (Å²) in [5.41, 5.74) is 8.27. The summed E-state index contributed by atoms with van der Waals surface area (Å²) in [4.78, 5) is 12.5. The summed E-state index contributed by atoms with van der Waals surface area (Å²) >= 11 is 0. The highest BCUT2D eigenvalue weighted by atomic mass is 28.3. The van der Waals surface area contributed by atoms with Crippen molar-refractivity contribution in [3.8, 4) is 22.9 Å². The number of hydrogen-bond donors (Lipinski definition) is 0. The first kappa shape index (κ1) is 34.6. The van der Waals surface area contributed by atoms with Crippen molar-refractivity contribution in [2.75, 3.05) is 13.2 Å². The Morgan fingerprint density at radius 1 is 0.837 bits per heavy atom. The quantitative estimate of drug-likeness (QED) is 0.171. The average Bonchev–Trinajstić information content (AvgIpc) is 3.44. The van der Waals surface area contributed by atoms with Crippen LogP contribution < -0.4 is 0 Å². The molecule has 1 spiro atoms. The Kier molecular flexibility index (Phi) is 10.3. The fourth-order valence-electron chi connectivity index (χ4n) is 5.74. The van der Waals surface area contributed by atoms with Gasteiger partial charge in [-0.05, 0) is 78.2 Å². The summed E-state index contributed by atoms with van der Waals surface area (Å²) in [5, 5.41) is 0. The van der Waals surface area contributed by atoms with E-state index in [1.54, 1.807) is 27.7 Å². The Bertz CT molecular complexity index is 1190. The van der Waals surface area contributed by atoms with Crippen molar-refractivity contribution >= 4 is 21.9 Å². The number of rotatable bonds is 0. The van der Waals surface area contributed by atoms with E-state index in [9.17, 15) is 4.79 Å². The molecule has 7 nitrogen and oxygen atoms in total. The molecule has 4 aliphatic heterocycles. The van der Waals surface area contributed by atoms with Gasteiger partial charge in [-0.15, -0.1) is 11.1 Å². The van der Waals surface area contributed by atoms with Gasteiger partial charge >= 0.3 is 0 Å². The minimum atomic E-state index is -1.34. The van der Waals surface area contributed by atoms with Crippen molar-refractivity contribution in [2.45, 2.75) is 160 Å². The highest BCUT2D eigenvalue weighted by Gasteiger charge is 2.62. The molecule has 240 valence electrons. The zero-order chi connectivity index (χ0) is 31.7. The van der Waals surface area contributed by atoms with Gasteiger partial charge in [-0.2, -0.15) is 0 Å². The molecular weight excluding hydrogens is 577 g/mol. The fourth-order valence-corrected chi connectivity index (χ4v) is 6.86. The van der Waals surface area contributed by atoms with E-state index in [1.165, 1.54) is 56.9 Å². The summed E-state index contributed by atoms with van der Waals surface area (Å²) in [7, 11) is -2.35. The molecule has 2 aliphatic carbocycles. The molecule has 0 radical (unpaired) electrons. The summed E-state index contributed by atoms with van der Waals surface area (Å²) in [6.45, 7) is 21.2. The molecule has 6 rings (SSSR count). The van der Waals surface area contributed by atoms with Gasteiger partial charge in [0, 0.05) is 0 Å². The highest BCUT2D eigenvalue weighted by Crippen LogP contribution is 2.47. The largest absolute Gasteiger partial charge is 0.352 e. The number of ketones is 1. The molecule has 0 bridgehead atoms. The van der Waals surface area contributed by atoms with E-state index in [1.807, 2.05) is 0 Å². The van der Waals surface area contributed by atoms with E-state index in [4.69, 9.17) is 28.4 Å². The minimum absolute atomic E-state index is 0.0263. The van der Waals surface area contributed by atoms with Gasteiger partial charge < -0.3 is 28.4 Å². The second kappa shape index (κ2) is 12.8. The molecule has 0 aromatic heterocycles. The molecule has 4 heterocycles. The first-order chi connectivity index (χ1) is 19.8. The Labute approximate surface area is 262 Å². The molecule has 43 heavy (non-hydrogen) atoms. The van der Waals surface area contributed by atoms with Crippen LogP contribution in [0.2, 0.25) is 39.3 Å². The molecule has 0 N–H and O–H groups in total. The minimum Gasteiger partial charge on any atom is -0.352 e. The Morgan fingerprint density at radius 3 is 2.14 bits per heavy atom. The predicted octanol–water partition coefficient (Wildman–Crippen LogP) is 6.53. The molecule has 0 aromatic carbocycles. The predicted molar refractivity (Wildman–Crippen MR) is 173 cm³/mol. The summed E-state index contributed by atoms with van der Waals surface area (Å²) in [6.07, 6.45) is 12.0. The third-order valence-electron chi connectivity index (χ3n) is 7.94. The number of carbonyl (C=O) groups is 1.